The highest BCUT2D eigenvalue weighted by atomic mass is 31.2. The van der Waals surface area contributed by atoms with E-state index in [1.807, 2.05) is 0 Å². The minimum atomic E-state index is -4.06. The Morgan fingerprint density at radius 2 is 2.08 bits per heavy atom. The summed E-state index contributed by atoms with van der Waals surface area (Å²) < 4.78 is 34.7. The zero-order valence-electron chi connectivity index (χ0n) is 16.0. The summed E-state index contributed by atoms with van der Waals surface area (Å²) in [5.74, 6) is 0.0457. The molecule has 0 aromatic carbocycles. The van der Waals surface area contributed by atoms with Gasteiger partial charge in [0, 0.05) is 7.11 Å². The fourth-order valence-corrected chi connectivity index (χ4v) is 4.79. The Labute approximate surface area is 155 Å². The lowest BCUT2D eigenvalue weighted by Gasteiger charge is -2.43. The summed E-state index contributed by atoms with van der Waals surface area (Å²) >= 11 is 0. The van der Waals surface area contributed by atoms with E-state index in [4.69, 9.17) is 28.7 Å². The van der Waals surface area contributed by atoms with Crippen LogP contribution in [-0.2, 0) is 23.5 Å². The van der Waals surface area contributed by atoms with Crippen LogP contribution < -0.4 is 0 Å². The molecule has 0 radical (unpaired) electrons. The van der Waals surface area contributed by atoms with Crippen molar-refractivity contribution < 1.29 is 33.3 Å². The Morgan fingerprint density at radius 3 is 2.62 bits per heavy atom. The van der Waals surface area contributed by atoms with Gasteiger partial charge in [-0.15, -0.1) is 0 Å². The van der Waals surface area contributed by atoms with Gasteiger partial charge in [-0.1, -0.05) is 11.6 Å². The minimum Gasteiger partial charge on any atom is -0.378 e. The average Bonchev–Trinajstić information content (AvgIpc) is 3.44. The molecule has 150 valence electrons. The summed E-state index contributed by atoms with van der Waals surface area (Å²) in [5.41, 5.74) is 0.734. The van der Waals surface area contributed by atoms with Crippen LogP contribution in [0.5, 0.6) is 0 Å². The second kappa shape index (κ2) is 7.28. The number of hydrogen-bond donors (Lipinski definition) is 2. The van der Waals surface area contributed by atoms with E-state index in [-0.39, 0.29) is 48.2 Å². The first-order valence-electron chi connectivity index (χ1n) is 9.25. The van der Waals surface area contributed by atoms with E-state index in [0.29, 0.717) is 6.61 Å². The first kappa shape index (κ1) is 20.5. The van der Waals surface area contributed by atoms with Crippen LogP contribution in [0.3, 0.4) is 0 Å². The lowest BCUT2D eigenvalue weighted by Crippen LogP contribution is -2.55. The molecule has 7 nitrogen and oxygen atoms in total. The first-order valence-corrected chi connectivity index (χ1v) is 11.1. The van der Waals surface area contributed by atoms with E-state index in [1.165, 1.54) is 5.57 Å². The van der Waals surface area contributed by atoms with Gasteiger partial charge in [-0.2, -0.15) is 0 Å². The van der Waals surface area contributed by atoms with Gasteiger partial charge < -0.3 is 28.7 Å². The third-order valence-electron chi connectivity index (χ3n) is 5.95. The molecule has 2 aliphatic heterocycles. The summed E-state index contributed by atoms with van der Waals surface area (Å²) in [7, 11) is -2.40. The molecular formula is C18H31O7P. The zero-order valence-corrected chi connectivity index (χ0v) is 16.9. The van der Waals surface area contributed by atoms with E-state index >= 15 is 0 Å². The fraction of sp³-hybridized carbons (Fsp3) is 0.889. The highest BCUT2D eigenvalue weighted by Crippen LogP contribution is 2.59. The van der Waals surface area contributed by atoms with Gasteiger partial charge in [0.1, 0.15) is 5.60 Å². The molecule has 0 aromatic rings. The van der Waals surface area contributed by atoms with Crippen molar-refractivity contribution in [2.45, 2.75) is 69.5 Å². The maximum Gasteiger partial charge on any atom is 0.327 e. The van der Waals surface area contributed by atoms with Crippen molar-refractivity contribution in [1.29, 1.82) is 0 Å². The van der Waals surface area contributed by atoms with Gasteiger partial charge >= 0.3 is 7.60 Å². The van der Waals surface area contributed by atoms with Gasteiger partial charge in [0.2, 0.25) is 0 Å². The van der Waals surface area contributed by atoms with Crippen LogP contribution in [0.15, 0.2) is 11.6 Å². The SMILES string of the molecule is COC1C(OCCP(=O)(O)O)CC[C@]2(CO2)C1[C@@]1(C)O[C@@H]1CC=C(C)C. The molecule has 1 saturated carbocycles. The molecule has 6 atom stereocenters. The summed E-state index contributed by atoms with van der Waals surface area (Å²) in [6.45, 7) is 7.01. The predicted octanol–water partition coefficient (Wildman–Crippen LogP) is 2.26. The number of hydrogen-bond acceptors (Lipinski definition) is 5. The standard InChI is InChI=1S/C18H31O7P/c1-12(2)5-6-14-17(3,25-14)16-15(22-4)13(7-8-18(16)11-24-18)23-9-10-26(19,20)21/h5,13-16H,6-11H2,1-4H3,(H2,19,20,21)/t13?,14-,15?,16?,17+,18+/m1/s1. The molecule has 0 bridgehead atoms. The third-order valence-corrected chi connectivity index (χ3v) is 6.72. The highest BCUT2D eigenvalue weighted by molar-refractivity contribution is 7.51. The quantitative estimate of drug-likeness (QED) is 0.372. The van der Waals surface area contributed by atoms with Crippen LogP contribution in [0.4, 0.5) is 0 Å². The van der Waals surface area contributed by atoms with E-state index in [2.05, 4.69) is 26.8 Å². The van der Waals surface area contributed by atoms with Crippen LogP contribution in [-0.4, -0.2) is 65.8 Å². The summed E-state index contributed by atoms with van der Waals surface area (Å²) in [5, 5.41) is 0. The highest BCUT2D eigenvalue weighted by Gasteiger charge is 2.71. The summed E-state index contributed by atoms with van der Waals surface area (Å²) in [6.07, 6.45) is 4.09. The van der Waals surface area contributed by atoms with Crippen molar-refractivity contribution in [1.82, 2.24) is 0 Å². The second-order valence-corrected chi connectivity index (χ2v) is 9.95. The van der Waals surface area contributed by atoms with Gasteiger partial charge in [0.15, 0.2) is 0 Å². The van der Waals surface area contributed by atoms with Crippen molar-refractivity contribution in [3.63, 3.8) is 0 Å². The Morgan fingerprint density at radius 1 is 1.38 bits per heavy atom. The molecule has 2 heterocycles. The minimum absolute atomic E-state index is 0.0220. The van der Waals surface area contributed by atoms with Crippen molar-refractivity contribution in [3.8, 4) is 0 Å². The lowest BCUT2D eigenvalue weighted by atomic mass is 9.68. The maximum atomic E-state index is 11.1. The zero-order chi connectivity index (χ0) is 19.2. The van der Waals surface area contributed by atoms with Crippen molar-refractivity contribution in [2.75, 3.05) is 26.5 Å². The van der Waals surface area contributed by atoms with E-state index in [9.17, 15) is 4.57 Å². The summed E-state index contributed by atoms with van der Waals surface area (Å²) in [6, 6.07) is 0. The molecule has 0 aromatic heterocycles. The molecule has 3 fully saturated rings. The number of ether oxygens (including phenoxy) is 4. The fourth-order valence-electron chi connectivity index (χ4n) is 4.45. The van der Waals surface area contributed by atoms with Crippen molar-refractivity contribution in [2.24, 2.45) is 5.92 Å². The Balaban J connectivity index is 1.70. The maximum absolute atomic E-state index is 11.1. The monoisotopic (exact) mass is 390 g/mol. The van der Waals surface area contributed by atoms with E-state index in [1.54, 1.807) is 7.11 Å². The second-order valence-electron chi connectivity index (χ2n) is 8.18. The lowest BCUT2D eigenvalue weighted by molar-refractivity contribution is -0.136. The molecule has 1 aliphatic carbocycles. The average molecular weight is 390 g/mol. The Hall–Kier alpha value is -0.270. The van der Waals surface area contributed by atoms with Crippen molar-refractivity contribution in [3.05, 3.63) is 11.6 Å². The molecule has 2 saturated heterocycles. The molecule has 3 aliphatic rings. The van der Waals surface area contributed by atoms with Gasteiger partial charge in [0.25, 0.3) is 0 Å². The van der Waals surface area contributed by atoms with Crippen molar-refractivity contribution >= 4 is 7.60 Å². The molecule has 3 rings (SSSR count). The van der Waals surface area contributed by atoms with Crippen LogP contribution in [0.1, 0.15) is 40.0 Å². The van der Waals surface area contributed by atoms with E-state index in [0.717, 1.165) is 19.3 Å². The Kier molecular flexibility index (Phi) is 5.73. The van der Waals surface area contributed by atoms with Gasteiger partial charge in [0.05, 0.1) is 49.2 Å². The third kappa shape index (κ3) is 4.25. The summed E-state index contributed by atoms with van der Waals surface area (Å²) in [4.78, 5) is 18.1. The molecular weight excluding hydrogens is 359 g/mol. The molecule has 3 unspecified atom stereocenters. The molecule has 2 N–H and O–H groups in total. The number of allylic oxidation sites excluding steroid dienone is 1. The number of methoxy groups -OCH3 is 1. The number of epoxide rings is 2. The molecule has 8 heteroatoms. The van der Waals surface area contributed by atoms with Gasteiger partial charge in [-0.3, -0.25) is 4.57 Å². The smallest absolute Gasteiger partial charge is 0.327 e. The van der Waals surface area contributed by atoms with Crippen LogP contribution in [0, 0.1) is 5.92 Å². The molecule has 0 amide bonds. The van der Waals surface area contributed by atoms with E-state index < -0.39 is 7.60 Å². The van der Waals surface area contributed by atoms with Crippen LogP contribution >= 0.6 is 7.60 Å². The molecule has 26 heavy (non-hydrogen) atoms. The first-order chi connectivity index (χ1) is 12.1. The topological polar surface area (TPSA) is 101 Å². The van der Waals surface area contributed by atoms with Crippen LogP contribution in [0.25, 0.3) is 0 Å². The van der Waals surface area contributed by atoms with Crippen LogP contribution in [0.2, 0.25) is 0 Å². The predicted molar refractivity (Wildman–Crippen MR) is 96.2 cm³/mol. The number of rotatable bonds is 8. The van der Waals surface area contributed by atoms with Gasteiger partial charge in [-0.05, 0) is 40.0 Å². The largest absolute Gasteiger partial charge is 0.378 e. The Bertz CT molecular complexity index is 592. The normalized spacial score (nSPS) is 41.9. The van der Waals surface area contributed by atoms with Gasteiger partial charge in [-0.25, -0.2) is 0 Å². The molecule has 1 spiro atoms.